The van der Waals surface area contributed by atoms with E-state index in [1.807, 2.05) is 4.90 Å². The summed E-state index contributed by atoms with van der Waals surface area (Å²) < 4.78 is 74.8. The van der Waals surface area contributed by atoms with E-state index in [-0.39, 0.29) is 22.9 Å². The molecule has 5 heterocycles. The summed E-state index contributed by atoms with van der Waals surface area (Å²) in [6.07, 6.45) is -1.63. The third-order valence-electron chi connectivity index (χ3n) is 5.76. The molecule has 0 aromatic carbocycles. The summed E-state index contributed by atoms with van der Waals surface area (Å²) in [4.78, 5) is 9.90. The predicted molar refractivity (Wildman–Crippen MR) is 104 cm³/mol. The van der Waals surface area contributed by atoms with E-state index < -0.39 is 17.8 Å². The van der Waals surface area contributed by atoms with Crippen LogP contribution in [0.15, 0.2) is 35.2 Å². The molecule has 1 fully saturated rings. The van der Waals surface area contributed by atoms with Crippen molar-refractivity contribution in [1.29, 1.82) is 0 Å². The van der Waals surface area contributed by atoms with E-state index in [9.17, 15) is 22.0 Å². The molecule has 4 aromatic heterocycles. The van der Waals surface area contributed by atoms with Crippen LogP contribution in [0, 0.1) is 5.92 Å². The van der Waals surface area contributed by atoms with E-state index in [1.165, 1.54) is 10.6 Å². The first-order chi connectivity index (χ1) is 15.1. The molecule has 5 rings (SSSR count). The van der Waals surface area contributed by atoms with Crippen LogP contribution in [0.25, 0.3) is 28.3 Å². The Bertz CT molecular complexity index is 1280. The van der Waals surface area contributed by atoms with Crippen molar-refractivity contribution in [2.24, 2.45) is 5.92 Å². The zero-order valence-corrected chi connectivity index (χ0v) is 16.8. The summed E-state index contributed by atoms with van der Waals surface area (Å²) >= 11 is 0. The molecule has 1 saturated heterocycles. The molecule has 0 atom stereocenters. The lowest BCUT2D eigenvalue weighted by Gasteiger charge is -2.33. The highest BCUT2D eigenvalue weighted by Gasteiger charge is 2.60. The summed E-state index contributed by atoms with van der Waals surface area (Å²) in [6.45, 7) is 3.18. The van der Waals surface area contributed by atoms with Crippen LogP contribution in [0.5, 0.6) is 0 Å². The molecule has 168 valence electrons. The largest absolute Gasteiger partial charge is 0.459 e. The molecule has 4 aromatic rings. The maximum Gasteiger partial charge on any atom is 0.459 e. The van der Waals surface area contributed by atoms with Gasteiger partial charge in [0.1, 0.15) is 22.7 Å². The van der Waals surface area contributed by atoms with Crippen LogP contribution in [0.4, 0.5) is 27.6 Å². The molecule has 0 amide bonds. The van der Waals surface area contributed by atoms with Crippen molar-refractivity contribution in [1.82, 2.24) is 24.6 Å². The molecule has 0 saturated carbocycles. The van der Waals surface area contributed by atoms with Gasteiger partial charge in [-0.1, -0.05) is 6.92 Å². The number of piperidine rings is 1. The first kappa shape index (κ1) is 20.6. The van der Waals surface area contributed by atoms with Crippen LogP contribution < -0.4 is 4.90 Å². The van der Waals surface area contributed by atoms with E-state index in [2.05, 4.69) is 27.1 Å². The lowest BCUT2D eigenvalue weighted by molar-refractivity contribution is -0.290. The normalized spacial score (nSPS) is 16.4. The third kappa shape index (κ3) is 3.24. The Balaban J connectivity index is 1.76. The maximum atomic E-state index is 14.4. The number of hydrogen-bond acceptors (Lipinski definition) is 6. The van der Waals surface area contributed by atoms with Crippen LogP contribution in [0.1, 0.15) is 25.5 Å². The van der Waals surface area contributed by atoms with Crippen molar-refractivity contribution in [2.45, 2.75) is 31.9 Å². The smallest absolute Gasteiger partial charge is 0.422 e. The molecule has 0 unspecified atom stereocenters. The topological polar surface area (TPSA) is 72.3 Å². The summed E-state index contributed by atoms with van der Waals surface area (Å²) in [6, 6.07) is 4.13. The first-order valence-corrected chi connectivity index (χ1v) is 9.94. The minimum Gasteiger partial charge on any atom is -0.422 e. The maximum absolute atomic E-state index is 14.4. The van der Waals surface area contributed by atoms with Gasteiger partial charge in [0, 0.05) is 30.4 Å². The van der Waals surface area contributed by atoms with Crippen molar-refractivity contribution < 1.29 is 26.4 Å². The average molecular weight is 452 g/mol. The molecule has 1 aliphatic heterocycles. The molecule has 0 spiro atoms. The number of hydrogen-bond donors (Lipinski definition) is 0. The Labute approximate surface area is 177 Å². The molecule has 0 N–H and O–H groups in total. The monoisotopic (exact) mass is 452 g/mol. The Morgan fingerprint density at radius 3 is 2.47 bits per heavy atom. The second-order valence-corrected chi connectivity index (χ2v) is 7.94. The fourth-order valence-corrected chi connectivity index (χ4v) is 3.92. The number of rotatable bonds is 3. The van der Waals surface area contributed by atoms with Gasteiger partial charge in [0.2, 0.25) is 6.39 Å². The number of aromatic nitrogens is 5. The molecular weight excluding hydrogens is 435 g/mol. The molecule has 1 aliphatic rings. The Morgan fingerprint density at radius 1 is 1.06 bits per heavy atom. The van der Waals surface area contributed by atoms with Gasteiger partial charge in [0.15, 0.2) is 0 Å². The summed E-state index contributed by atoms with van der Waals surface area (Å²) in [5.74, 6) is -4.58. The van der Waals surface area contributed by atoms with Crippen molar-refractivity contribution in [2.75, 3.05) is 18.0 Å². The molecule has 0 aliphatic carbocycles. The van der Waals surface area contributed by atoms with Crippen molar-refractivity contribution in [3.05, 3.63) is 36.5 Å². The fourth-order valence-electron chi connectivity index (χ4n) is 3.92. The van der Waals surface area contributed by atoms with Gasteiger partial charge in [-0.05, 0) is 37.0 Å². The summed E-state index contributed by atoms with van der Waals surface area (Å²) in [5, 5.41) is 7.78. The number of pyridine rings is 2. The SMILES string of the molecule is CC1CCN(c2cc(C(F)(F)C(F)(F)F)nc3c2ccc2nc(-c4nnco4)cn23)CC1. The number of imidazole rings is 1. The van der Waals surface area contributed by atoms with Gasteiger partial charge in [-0.25, -0.2) is 9.97 Å². The van der Waals surface area contributed by atoms with E-state index in [4.69, 9.17) is 4.42 Å². The Kier molecular flexibility index (Phi) is 4.57. The number of fused-ring (bicyclic) bond motifs is 3. The van der Waals surface area contributed by atoms with E-state index >= 15 is 0 Å². The van der Waals surface area contributed by atoms with Gasteiger partial charge in [-0.2, -0.15) is 22.0 Å². The second kappa shape index (κ2) is 7.10. The fraction of sp³-hybridized carbons (Fsp3) is 0.400. The molecule has 0 bridgehead atoms. The van der Waals surface area contributed by atoms with Crippen molar-refractivity contribution in [3.8, 4) is 11.6 Å². The third-order valence-corrected chi connectivity index (χ3v) is 5.76. The zero-order chi connectivity index (χ0) is 22.7. The van der Waals surface area contributed by atoms with Crippen LogP contribution in [0.2, 0.25) is 0 Å². The number of alkyl halides is 5. The second-order valence-electron chi connectivity index (χ2n) is 7.94. The van der Waals surface area contributed by atoms with Gasteiger partial charge in [-0.15, -0.1) is 10.2 Å². The summed E-state index contributed by atoms with van der Waals surface area (Å²) in [7, 11) is 0. The molecule has 12 heteroatoms. The van der Waals surface area contributed by atoms with E-state index in [1.54, 1.807) is 12.1 Å². The van der Waals surface area contributed by atoms with E-state index in [0.717, 1.165) is 25.3 Å². The highest BCUT2D eigenvalue weighted by Crippen LogP contribution is 2.45. The number of nitrogens with zero attached hydrogens (tertiary/aromatic N) is 6. The summed E-state index contributed by atoms with van der Waals surface area (Å²) in [5.41, 5.74) is -0.583. The van der Waals surface area contributed by atoms with Gasteiger partial charge < -0.3 is 9.32 Å². The minimum absolute atomic E-state index is 0.0594. The zero-order valence-electron chi connectivity index (χ0n) is 16.8. The van der Waals surface area contributed by atoms with Gasteiger partial charge >= 0.3 is 12.1 Å². The Morgan fingerprint density at radius 2 is 1.81 bits per heavy atom. The minimum atomic E-state index is -5.78. The van der Waals surface area contributed by atoms with Crippen LogP contribution in [-0.2, 0) is 5.92 Å². The van der Waals surface area contributed by atoms with Crippen LogP contribution >= 0.6 is 0 Å². The Hall–Kier alpha value is -3.31. The highest BCUT2D eigenvalue weighted by molar-refractivity contribution is 5.92. The van der Waals surface area contributed by atoms with Gasteiger partial charge in [0.05, 0.1) is 0 Å². The van der Waals surface area contributed by atoms with Crippen molar-refractivity contribution in [3.63, 3.8) is 0 Å². The number of halogens is 5. The van der Waals surface area contributed by atoms with Crippen LogP contribution in [0.3, 0.4) is 0 Å². The molecule has 32 heavy (non-hydrogen) atoms. The lowest BCUT2D eigenvalue weighted by Crippen LogP contribution is -2.36. The quantitative estimate of drug-likeness (QED) is 0.415. The average Bonchev–Trinajstić information content (AvgIpc) is 3.42. The number of anilines is 1. The van der Waals surface area contributed by atoms with Gasteiger partial charge in [-0.3, -0.25) is 4.40 Å². The first-order valence-electron chi connectivity index (χ1n) is 9.94. The van der Waals surface area contributed by atoms with Crippen molar-refractivity contribution >= 4 is 22.4 Å². The van der Waals surface area contributed by atoms with Crippen LogP contribution in [-0.4, -0.2) is 43.8 Å². The van der Waals surface area contributed by atoms with E-state index in [0.29, 0.717) is 30.0 Å². The predicted octanol–water partition coefficient (Wildman–Crippen LogP) is 4.82. The molecular formula is C20H17F5N6O. The van der Waals surface area contributed by atoms with Gasteiger partial charge in [0.25, 0.3) is 5.89 Å². The molecule has 0 radical (unpaired) electrons. The molecule has 7 nitrogen and oxygen atoms in total. The highest BCUT2D eigenvalue weighted by atomic mass is 19.4. The standard InChI is InChI=1S/C20H17F5N6O/c1-11-4-6-30(7-5-11)14-8-15(19(21,22)20(23,24)25)28-17-12(14)2-3-16-27-13(9-31(16)17)18-29-26-10-32-18/h2-3,8-11H,4-7H2,1H3. The lowest BCUT2D eigenvalue weighted by atomic mass is 9.98.